The Labute approximate surface area is 86.8 Å². The monoisotopic (exact) mass is 192 g/mol. The summed E-state index contributed by atoms with van der Waals surface area (Å²) in [4.78, 5) is 0. The Balaban J connectivity index is 2.73. The summed E-state index contributed by atoms with van der Waals surface area (Å²) in [6.07, 6.45) is 4.85. The number of hydrogen-bond acceptors (Lipinski definition) is 2. The van der Waals surface area contributed by atoms with Crippen LogP contribution in [0.1, 0.15) is 48.7 Å². The summed E-state index contributed by atoms with van der Waals surface area (Å²) in [7, 11) is 0. The van der Waals surface area contributed by atoms with E-state index in [1.807, 2.05) is 6.92 Å². The van der Waals surface area contributed by atoms with Gasteiger partial charge in [-0.3, -0.25) is 0 Å². The van der Waals surface area contributed by atoms with E-state index in [4.69, 9.17) is 0 Å². The molecule has 1 rings (SSSR count). The molecule has 0 aromatic carbocycles. The molecular formula is C12H20N2. The minimum absolute atomic E-state index is 1.06. The van der Waals surface area contributed by atoms with Crippen molar-refractivity contribution in [2.45, 2.75) is 53.4 Å². The van der Waals surface area contributed by atoms with Crippen molar-refractivity contribution in [3.05, 3.63) is 22.5 Å². The van der Waals surface area contributed by atoms with Crippen LogP contribution in [0.5, 0.6) is 0 Å². The van der Waals surface area contributed by atoms with Crippen molar-refractivity contribution in [1.82, 2.24) is 10.2 Å². The van der Waals surface area contributed by atoms with Gasteiger partial charge < -0.3 is 0 Å². The molecule has 0 aliphatic rings. The highest BCUT2D eigenvalue weighted by atomic mass is 15.1. The van der Waals surface area contributed by atoms with Gasteiger partial charge in [0.05, 0.1) is 11.4 Å². The third-order valence-electron chi connectivity index (χ3n) is 2.88. The van der Waals surface area contributed by atoms with E-state index < -0.39 is 0 Å². The fourth-order valence-corrected chi connectivity index (χ4v) is 1.55. The van der Waals surface area contributed by atoms with Gasteiger partial charge in [0, 0.05) is 0 Å². The van der Waals surface area contributed by atoms with E-state index in [-0.39, 0.29) is 0 Å². The lowest BCUT2D eigenvalue weighted by atomic mass is 10.0. The molecule has 0 fully saturated rings. The first kappa shape index (κ1) is 11.2. The Morgan fingerprint density at radius 2 is 1.64 bits per heavy atom. The first-order chi connectivity index (χ1) is 6.66. The molecule has 0 N–H and O–H groups in total. The van der Waals surface area contributed by atoms with Gasteiger partial charge in [0.1, 0.15) is 0 Å². The largest absolute Gasteiger partial charge is 0.155 e. The molecule has 0 amide bonds. The van der Waals surface area contributed by atoms with Crippen molar-refractivity contribution in [2.75, 3.05) is 0 Å². The van der Waals surface area contributed by atoms with Crippen LogP contribution >= 0.6 is 0 Å². The predicted molar refractivity (Wildman–Crippen MR) is 59.5 cm³/mol. The van der Waals surface area contributed by atoms with E-state index in [9.17, 15) is 0 Å². The van der Waals surface area contributed by atoms with Crippen LogP contribution in [0, 0.1) is 20.8 Å². The van der Waals surface area contributed by atoms with E-state index in [1.54, 1.807) is 0 Å². The molecule has 0 aliphatic heterocycles. The summed E-state index contributed by atoms with van der Waals surface area (Å²) in [5, 5.41) is 8.43. The van der Waals surface area contributed by atoms with Crippen molar-refractivity contribution in [3.63, 3.8) is 0 Å². The molecule has 0 aliphatic carbocycles. The van der Waals surface area contributed by atoms with Gasteiger partial charge in [-0.1, -0.05) is 19.8 Å². The summed E-state index contributed by atoms with van der Waals surface area (Å²) in [5.74, 6) is 0. The minimum Gasteiger partial charge on any atom is -0.155 e. The standard InChI is InChI=1S/C12H20N2/c1-5-6-7-8-12-10(3)9(2)11(4)13-14-12/h5-8H2,1-4H3. The summed E-state index contributed by atoms with van der Waals surface area (Å²) in [6.45, 7) is 8.52. The van der Waals surface area contributed by atoms with Crippen LogP contribution < -0.4 is 0 Å². The summed E-state index contributed by atoms with van der Waals surface area (Å²) < 4.78 is 0. The number of aryl methyl sites for hydroxylation is 2. The van der Waals surface area contributed by atoms with Gasteiger partial charge in [-0.2, -0.15) is 10.2 Å². The van der Waals surface area contributed by atoms with Gasteiger partial charge in [-0.25, -0.2) is 0 Å². The fourth-order valence-electron chi connectivity index (χ4n) is 1.55. The Hall–Kier alpha value is -0.920. The van der Waals surface area contributed by atoms with Crippen LogP contribution in [-0.4, -0.2) is 10.2 Å². The average molecular weight is 192 g/mol. The third-order valence-corrected chi connectivity index (χ3v) is 2.88. The Morgan fingerprint density at radius 3 is 2.29 bits per heavy atom. The van der Waals surface area contributed by atoms with E-state index in [0.29, 0.717) is 0 Å². The summed E-state index contributed by atoms with van der Waals surface area (Å²) in [5.41, 5.74) is 4.86. The third kappa shape index (κ3) is 2.53. The molecule has 78 valence electrons. The predicted octanol–water partition coefficient (Wildman–Crippen LogP) is 3.13. The maximum Gasteiger partial charge on any atom is 0.0663 e. The topological polar surface area (TPSA) is 25.8 Å². The zero-order valence-electron chi connectivity index (χ0n) is 9.72. The van der Waals surface area contributed by atoms with Gasteiger partial charge in [0.2, 0.25) is 0 Å². The van der Waals surface area contributed by atoms with E-state index in [2.05, 4.69) is 31.0 Å². The lowest BCUT2D eigenvalue weighted by molar-refractivity contribution is 0.692. The molecule has 14 heavy (non-hydrogen) atoms. The van der Waals surface area contributed by atoms with Crippen LogP contribution in [0.2, 0.25) is 0 Å². The molecule has 2 nitrogen and oxygen atoms in total. The normalized spacial score (nSPS) is 10.6. The Morgan fingerprint density at radius 1 is 0.929 bits per heavy atom. The van der Waals surface area contributed by atoms with Crippen LogP contribution in [-0.2, 0) is 6.42 Å². The van der Waals surface area contributed by atoms with Gasteiger partial charge in [-0.05, 0) is 44.7 Å². The van der Waals surface area contributed by atoms with Crippen molar-refractivity contribution < 1.29 is 0 Å². The molecule has 0 saturated heterocycles. The second kappa shape index (κ2) is 5.08. The first-order valence-electron chi connectivity index (χ1n) is 5.46. The zero-order chi connectivity index (χ0) is 10.6. The highest BCUT2D eigenvalue weighted by Gasteiger charge is 2.05. The highest BCUT2D eigenvalue weighted by molar-refractivity contribution is 5.29. The lowest BCUT2D eigenvalue weighted by Gasteiger charge is -2.08. The second-order valence-electron chi connectivity index (χ2n) is 3.94. The highest BCUT2D eigenvalue weighted by Crippen LogP contribution is 2.14. The molecule has 0 radical (unpaired) electrons. The Kier molecular flexibility index (Phi) is 4.05. The molecule has 1 aromatic heterocycles. The Bertz CT molecular complexity index is 305. The van der Waals surface area contributed by atoms with E-state index in [1.165, 1.54) is 36.1 Å². The molecule has 0 atom stereocenters. The summed E-state index contributed by atoms with van der Waals surface area (Å²) >= 11 is 0. The average Bonchev–Trinajstić information content (AvgIpc) is 2.18. The second-order valence-corrected chi connectivity index (χ2v) is 3.94. The summed E-state index contributed by atoms with van der Waals surface area (Å²) in [6, 6.07) is 0. The SMILES string of the molecule is CCCCCc1nnc(C)c(C)c1C. The molecule has 1 heterocycles. The number of rotatable bonds is 4. The van der Waals surface area contributed by atoms with Crippen molar-refractivity contribution in [1.29, 1.82) is 0 Å². The number of aromatic nitrogens is 2. The van der Waals surface area contributed by atoms with Crippen LogP contribution in [0.25, 0.3) is 0 Å². The van der Waals surface area contributed by atoms with E-state index >= 15 is 0 Å². The van der Waals surface area contributed by atoms with Crippen LogP contribution in [0.15, 0.2) is 0 Å². The molecule has 2 heteroatoms. The van der Waals surface area contributed by atoms with Gasteiger partial charge in [-0.15, -0.1) is 0 Å². The molecule has 0 spiro atoms. The van der Waals surface area contributed by atoms with Crippen molar-refractivity contribution >= 4 is 0 Å². The van der Waals surface area contributed by atoms with E-state index in [0.717, 1.165) is 12.1 Å². The lowest BCUT2D eigenvalue weighted by Crippen LogP contribution is -2.02. The van der Waals surface area contributed by atoms with Crippen LogP contribution in [0.3, 0.4) is 0 Å². The zero-order valence-corrected chi connectivity index (χ0v) is 9.72. The number of hydrogen-bond donors (Lipinski definition) is 0. The van der Waals surface area contributed by atoms with Crippen molar-refractivity contribution in [3.8, 4) is 0 Å². The molecule has 0 saturated carbocycles. The number of unbranched alkanes of at least 4 members (excludes halogenated alkanes) is 2. The quantitative estimate of drug-likeness (QED) is 0.685. The fraction of sp³-hybridized carbons (Fsp3) is 0.667. The van der Waals surface area contributed by atoms with Crippen molar-refractivity contribution in [2.24, 2.45) is 0 Å². The molecular weight excluding hydrogens is 172 g/mol. The first-order valence-corrected chi connectivity index (χ1v) is 5.46. The smallest absolute Gasteiger partial charge is 0.0663 e. The van der Waals surface area contributed by atoms with Gasteiger partial charge in [0.15, 0.2) is 0 Å². The molecule has 0 bridgehead atoms. The van der Waals surface area contributed by atoms with Crippen LogP contribution in [0.4, 0.5) is 0 Å². The van der Waals surface area contributed by atoms with Gasteiger partial charge in [0.25, 0.3) is 0 Å². The van der Waals surface area contributed by atoms with Gasteiger partial charge >= 0.3 is 0 Å². The molecule has 1 aromatic rings. The maximum atomic E-state index is 4.26. The number of nitrogens with zero attached hydrogens (tertiary/aromatic N) is 2. The molecule has 0 unspecified atom stereocenters. The maximum absolute atomic E-state index is 4.26. The minimum atomic E-state index is 1.06.